The molecule has 2 aromatic rings. The molecule has 0 amide bonds. The van der Waals surface area contributed by atoms with E-state index in [2.05, 4.69) is 48.2 Å². The van der Waals surface area contributed by atoms with Gasteiger partial charge in [-0.25, -0.2) is 13.8 Å². The number of fused-ring (bicyclic) bond motifs is 1. The summed E-state index contributed by atoms with van der Waals surface area (Å²) in [6.07, 6.45) is 12.8. The van der Waals surface area contributed by atoms with Gasteiger partial charge >= 0.3 is 0 Å². The Morgan fingerprint density at radius 2 is 2.02 bits per heavy atom. The van der Waals surface area contributed by atoms with E-state index in [1.165, 1.54) is 11.8 Å². The van der Waals surface area contributed by atoms with Crippen molar-refractivity contribution in [3.05, 3.63) is 84.1 Å². The quantitative estimate of drug-likeness (QED) is 0.152. The van der Waals surface area contributed by atoms with Crippen LogP contribution in [0.15, 0.2) is 67.4 Å². The Labute approximate surface area is 250 Å². The fraction of sp³-hybridized carbons (Fsp3) is 0.441. The van der Waals surface area contributed by atoms with Gasteiger partial charge in [0.2, 0.25) is 11.8 Å². The fourth-order valence-corrected chi connectivity index (χ4v) is 4.41. The van der Waals surface area contributed by atoms with E-state index in [9.17, 15) is 8.78 Å². The molecular formula is C34H45F2N5O. The zero-order valence-corrected chi connectivity index (χ0v) is 25.3. The highest BCUT2D eigenvalue weighted by Crippen LogP contribution is 2.43. The third kappa shape index (κ3) is 12.0. The number of allylic oxidation sites excluding steroid dienone is 5. The molecule has 0 saturated heterocycles. The van der Waals surface area contributed by atoms with Crippen LogP contribution in [0, 0.1) is 28.6 Å². The molecule has 8 heteroatoms. The summed E-state index contributed by atoms with van der Waals surface area (Å²) >= 11 is 0. The molecule has 3 N–H and O–H groups in total. The third-order valence-corrected chi connectivity index (χ3v) is 6.78. The molecule has 1 fully saturated rings. The van der Waals surface area contributed by atoms with E-state index in [1.807, 2.05) is 56.3 Å². The Bertz CT molecular complexity index is 1220. The maximum Gasteiger partial charge on any atom is 0.248 e. The minimum absolute atomic E-state index is 0.00947. The number of benzene rings is 1. The molecule has 226 valence electrons. The summed E-state index contributed by atoms with van der Waals surface area (Å²) in [5.74, 6) is -1.02. The summed E-state index contributed by atoms with van der Waals surface area (Å²) in [5.41, 5.74) is 4.54. The lowest BCUT2D eigenvalue weighted by molar-refractivity contribution is -0.110. The second-order valence-corrected chi connectivity index (χ2v) is 10.8. The summed E-state index contributed by atoms with van der Waals surface area (Å²) in [4.78, 5) is 4.45. The maximum atomic E-state index is 12.0. The average Bonchev–Trinajstić information content (AvgIpc) is 2.97. The second kappa shape index (κ2) is 17.9. The number of halogens is 2. The molecule has 1 aliphatic heterocycles. The minimum Gasteiger partial charge on any atom is -0.470 e. The van der Waals surface area contributed by atoms with Crippen molar-refractivity contribution >= 4 is 17.5 Å². The van der Waals surface area contributed by atoms with Crippen molar-refractivity contribution in [2.75, 3.05) is 25.0 Å². The van der Waals surface area contributed by atoms with E-state index in [4.69, 9.17) is 15.4 Å². The minimum atomic E-state index is -2.30. The first-order valence-electron chi connectivity index (χ1n) is 14.6. The standard InChI is InChI=1S/C23H27N5O.C6H10F2.C5H8/c1-16(2)9-19(12-25)20-10-22-23(28-13-20)29-21(15-27-22)14-26-8-7-17-3-5-18(11-24)6-4-17;1-2-5-3-6(7,8)4-5;1-3-5-4-2/h3-6,9-10,12-13,16,21,25-27H,7-8,14-15H2,1-2H3;5H,2-4H2,1H3;3-5H,1H2,2H3/b19-9+,25-12?;;5-4-/t21-;;/m1../s1. The van der Waals surface area contributed by atoms with Crippen LogP contribution in [0.1, 0.15) is 63.6 Å². The average molecular weight is 578 g/mol. The lowest BCUT2D eigenvalue weighted by atomic mass is 9.80. The maximum absolute atomic E-state index is 12.0. The summed E-state index contributed by atoms with van der Waals surface area (Å²) in [6.45, 7) is 13.8. The van der Waals surface area contributed by atoms with Crippen LogP contribution in [0.25, 0.3) is 5.57 Å². The van der Waals surface area contributed by atoms with Crippen molar-refractivity contribution < 1.29 is 13.5 Å². The van der Waals surface area contributed by atoms with Crippen LogP contribution in [-0.2, 0) is 6.42 Å². The van der Waals surface area contributed by atoms with Crippen LogP contribution in [0.5, 0.6) is 5.88 Å². The molecule has 0 radical (unpaired) electrons. The number of anilines is 1. The van der Waals surface area contributed by atoms with Gasteiger partial charge in [0, 0.05) is 37.4 Å². The zero-order chi connectivity index (χ0) is 31.0. The van der Waals surface area contributed by atoms with Gasteiger partial charge in [0.1, 0.15) is 6.10 Å². The van der Waals surface area contributed by atoms with E-state index in [-0.39, 0.29) is 18.9 Å². The summed E-state index contributed by atoms with van der Waals surface area (Å²) in [6, 6.07) is 11.8. The molecule has 1 aromatic heterocycles. The Balaban J connectivity index is 0.000000391. The van der Waals surface area contributed by atoms with Gasteiger partial charge in [-0.05, 0) is 61.1 Å². The van der Waals surface area contributed by atoms with E-state index in [0.717, 1.165) is 42.8 Å². The summed E-state index contributed by atoms with van der Waals surface area (Å²) in [5, 5.41) is 23.3. The Kier molecular flexibility index (Phi) is 14.6. The fourth-order valence-electron chi connectivity index (χ4n) is 4.41. The molecular weight excluding hydrogens is 532 g/mol. The Morgan fingerprint density at radius 3 is 2.52 bits per heavy atom. The molecule has 42 heavy (non-hydrogen) atoms. The van der Waals surface area contributed by atoms with E-state index in [0.29, 0.717) is 29.8 Å². The van der Waals surface area contributed by atoms with Gasteiger partial charge in [-0.2, -0.15) is 5.26 Å². The van der Waals surface area contributed by atoms with Crippen molar-refractivity contribution in [2.24, 2.45) is 11.8 Å². The SMILES string of the molecule is C=C/C=C\C.CC(C)/C=C(\C=N)c1cnc2c(c1)NC[C@@H](CNCCc1ccc(C#N)cc1)O2.CCC1CC(F)(F)C1. The Hall–Kier alpha value is -3.83. The van der Waals surface area contributed by atoms with E-state index < -0.39 is 5.92 Å². The van der Waals surface area contributed by atoms with Gasteiger partial charge in [-0.1, -0.05) is 70.2 Å². The monoisotopic (exact) mass is 577 g/mol. The lowest BCUT2D eigenvalue weighted by Crippen LogP contribution is -2.40. The van der Waals surface area contributed by atoms with Crippen molar-refractivity contribution in [3.8, 4) is 11.9 Å². The summed E-state index contributed by atoms with van der Waals surface area (Å²) < 4.78 is 30.0. The second-order valence-electron chi connectivity index (χ2n) is 10.8. The van der Waals surface area contributed by atoms with Gasteiger partial charge in [0.05, 0.1) is 23.9 Å². The number of nitrogens with one attached hydrogen (secondary N) is 3. The van der Waals surface area contributed by atoms with Crippen molar-refractivity contribution in [3.63, 3.8) is 0 Å². The van der Waals surface area contributed by atoms with Crippen molar-refractivity contribution in [2.45, 2.75) is 65.4 Å². The van der Waals surface area contributed by atoms with E-state index >= 15 is 0 Å². The van der Waals surface area contributed by atoms with Crippen molar-refractivity contribution in [1.29, 1.82) is 10.7 Å². The van der Waals surface area contributed by atoms with Crippen LogP contribution < -0.4 is 15.4 Å². The molecule has 6 nitrogen and oxygen atoms in total. The molecule has 1 saturated carbocycles. The van der Waals surface area contributed by atoms with Gasteiger partial charge < -0.3 is 20.8 Å². The summed E-state index contributed by atoms with van der Waals surface area (Å²) in [7, 11) is 0. The smallest absolute Gasteiger partial charge is 0.248 e. The number of aromatic nitrogens is 1. The molecule has 1 atom stereocenters. The van der Waals surface area contributed by atoms with Gasteiger partial charge in [0.25, 0.3) is 0 Å². The number of pyridine rings is 1. The molecule has 2 aliphatic rings. The number of nitriles is 1. The zero-order valence-electron chi connectivity index (χ0n) is 25.3. The van der Waals surface area contributed by atoms with Crippen LogP contribution >= 0.6 is 0 Å². The number of rotatable bonds is 10. The van der Waals surface area contributed by atoms with Crippen molar-refractivity contribution in [1.82, 2.24) is 10.3 Å². The van der Waals surface area contributed by atoms with Crippen LogP contribution in [0.2, 0.25) is 0 Å². The topological polar surface area (TPSA) is 93.8 Å². The van der Waals surface area contributed by atoms with Crippen LogP contribution in [0.3, 0.4) is 0 Å². The molecule has 2 heterocycles. The van der Waals surface area contributed by atoms with Crippen LogP contribution in [0.4, 0.5) is 14.5 Å². The van der Waals surface area contributed by atoms with Crippen LogP contribution in [-0.4, -0.2) is 42.9 Å². The largest absolute Gasteiger partial charge is 0.470 e. The highest BCUT2D eigenvalue weighted by atomic mass is 19.3. The first kappa shape index (κ1) is 34.4. The predicted octanol–water partition coefficient (Wildman–Crippen LogP) is 7.84. The number of hydrogen-bond donors (Lipinski definition) is 3. The van der Waals surface area contributed by atoms with Gasteiger partial charge in [0.15, 0.2) is 0 Å². The molecule has 1 aliphatic carbocycles. The van der Waals surface area contributed by atoms with Gasteiger partial charge in [-0.3, -0.25) is 0 Å². The molecule has 0 bridgehead atoms. The highest BCUT2D eigenvalue weighted by molar-refractivity contribution is 6.08. The number of ether oxygens (including phenoxy) is 1. The molecule has 0 unspecified atom stereocenters. The molecule has 0 spiro atoms. The number of hydrogen-bond acceptors (Lipinski definition) is 6. The molecule has 1 aromatic carbocycles. The first-order valence-corrected chi connectivity index (χ1v) is 14.6. The number of alkyl halides is 2. The molecule has 4 rings (SSSR count). The lowest BCUT2D eigenvalue weighted by Gasteiger charge is -2.33. The van der Waals surface area contributed by atoms with Gasteiger partial charge in [-0.15, -0.1) is 0 Å². The normalized spacial score (nSPS) is 17.2. The van der Waals surface area contributed by atoms with E-state index in [1.54, 1.807) is 12.3 Å². The highest BCUT2D eigenvalue weighted by Gasteiger charge is 2.43. The third-order valence-electron chi connectivity index (χ3n) is 6.78. The number of nitrogens with zero attached hydrogens (tertiary/aromatic N) is 2. The Morgan fingerprint density at radius 1 is 1.31 bits per heavy atom. The predicted molar refractivity (Wildman–Crippen MR) is 169 cm³/mol. The first-order chi connectivity index (χ1) is 20.1.